The molecule has 0 amide bonds. The lowest BCUT2D eigenvalue weighted by atomic mass is 10.1. The standard InChI is InChI=1S/C21H19N3/c1-2-7-18(8-3-1)21-13-20(23-24-21)15-22-14-16-10-11-17-6-4-5-9-19(17)12-16/h1-13,22H,14-15H2,(H,23,24). The molecule has 0 saturated carbocycles. The predicted molar refractivity (Wildman–Crippen MR) is 98.5 cm³/mol. The van der Waals surface area contributed by atoms with Crippen molar-refractivity contribution in [2.75, 3.05) is 0 Å². The van der Waals surface area contributed by atoms with Gasteiger partial charge in [-0.1, -0.05) is 66.7 Å². The van der Waals surface area contributed by atoms with E-state index in [0.29, 0.717) is 0 Å². The summed E-state index contributed by atoms with van der Waals surface area (Å²) >= 11 is 0. The Hall–Kier alpha value is -2.91. The summed E-state index contributed by atoms with van der Waals surface area (Å²) in [4.78, 5) is 0. The largest absolute Gasteiger partial charge is 0.307 e. The van der Waals surface area contributed by atoms with Gasteiger partial charge < -0.3 is 5.32 Å². The molecule has 0 radical (unpaired) electrons. The summed E-state index contributed by atoms with van der Waals surface area (Å²) in [5, 5.41) is 13.5. The van der Waals surface area contributed by atoms with Gasteiger partial charge in [0.25, 0.3) is 0 Å². The van der Waals surface area contributed by atoms with Crippen LogP contribution >= 0.6 is 0 Å². The molecule has 1 aromatic heterocycles. The molecule has 4 rings (SSSR count). The van der Waals surface area contributed by atoms with E-state index in [0.717, 1.165) is 30.0 Å². The summed E-state index contributed by atoms with van der Waals surface area (Å²) in [5.74, 6) is 0. The number of nitrogens with zero attached hydrogens (tertiary/aromatic N) is 1. The summed E-state index contributed by atoms with van der Waals surface area (Å²) in [6, 6.07) is 27.4. The maximum atomic E-state index is 4.39. The normalized spacial score (nSPS) is 11.0. The summed E-state index contributed by atoms with van der Waals surface area (Å²) in [5.41, 5.74) is 4.50. The highest BCUT2D eigenvalue weighted by Gasteiger charge is 2.03. The fourth-order valence-corrected chi connectivity index (χ4v) is 2.90. The fourth-order valence-electron chi connectivity index (χ4n) is 2.90. The first-order valence-electron chi connectivity index (χ1n) is 8.16. The van der Waals surface area contributed by atoms with E-state index in [1.165, 1.54) is 16.3 Å². The molecule has 3 heteroatoms. The Labute approximate surface area is 141 Å². The molecule has 0 aliphatic rings. The van der Waals surface area contributed by atoms with Crippen molar-refractivity contribution in [2.24, 2.45) is 0 Å². The van der Waals surface area contributed by atoms with Crippen LogP contribution in [0.5, 0.6) is 0 Å². The molecule has 0 fully saturated rings. The lowest BCUT2D eigenvalue weighted by Crippen LogP contribution is -2.12. The van der Waals surface area contributed by atoms with Gasteiger partial charge in [-0.15, -0.1) is 0 Å². The van der Waals surface area contributed by atoms with Crippen molar-refractivity contribution in [1.82, 2.24) is 15.5 Å². The third kappa shape index (κ3) is 3.21. The van der Waals surface area contributed by atoms with Crippen LogP contribution in [-0.2, 0) is 13.1 Å². The second-order valence-corrected chi connectivity index (χ2v) is 5.93. The second kappa shape index (κ2) is 6.69. The minimum Gasteiger partial charge on any atom is -0.307 e. The maximum absolute atomic E-state index is 4.39. The molecule has 1 heterocycles. The van der Waals surface area contributed by atoms with Crippen molar-refractivity contribution < 1.29 is 0 Å². The zero-order valence-electron chi connectivity index (χ0n) is 13.4. The van der Waals surface area contributed by atoms with E-state index in [1.54, 1.807) is 0 Å². The van der Waals surface area contributed by atoms with Crippen LogP contribution in [0.15, 0.2) is 78.9 Å². The molecular formula is C21H19N3. The molecule has 0 unspecified atom stereocenters. The first-order chi connectivity index (χ1) is 11.9. The fraction of sp³-hybridized carbons (Fsp3) is 0.0952. The molecule has 0 spiro atoms. The molecule has 0 aliphatic carbocycles. The van der Waals surface area contributed by atoms with E-state index in [4.69, 9.17) is 0 Å². The molecule has 2 N–H and O–H groups in total. The first kappa shape index (κ1) is 14.7. The Morgan fingerprint density at radius 3 is 2.42 bits per heavy atom. The number of aromatic nitrogens is 2. The molecule has 0 aliphatic heterocycles. The van der Waals surface area contributed by atoms with Crippen molar-refractivity contribution in [3.05, 3.63) is 90.1 Å². The Balaban J connectivity index is 1.39. The number of rotatable bonds is 5. The highest BCUT2D eigenvalue weighted by Crippen LogP contribution is 2.17. The van der Waals surface area contributed by atoms with Crippen LogP contribution in [0.4, 0.5) is 0 Å². The predicted octanol–water partition coefficient (Wildman–Crippen LogP) is 4.52. The van der Waals surface area contributed by atoms with Crippen molar-refractivity contribution in [2.45, 2.75) is 13.1 Å². The highest BCUT2D eigenvalue weighted by atomic mass is 15.1. The van der Waals surface area contributed by atoms with Gasteiger partial charge >= 0.3 is 0 Å². The third-order valence-corrected chi connectivity index (χ3v) is 4.16. The molecule has 0 bridgehead atoms. The van der Waals surface area contributed by atoms with Crippen LogP contribution in [-0.4, -0.2) is 10.2 Å². The van der Waals surface area contributed by atoms with E-state index < -0.39 is 0 Å². The number of hydrogen-bond donors (Lipinski definition) is 2. The second-order valence-electron chi connectivity index (χ2n) is 5.93. The number of hydrogen-bond acceptors (Lipinski definition) is 2. The summed E-state index contributed by atoms with van der Waals surface area (Å²) in [7, 11) is 0. The van der Waals surface area contributed by atoms with Crippen LogP contribution in [0.25, 0.3) is 22.0 Å². The SMILES string of the molecule is c1ccc(-c2cc(CNCc3ccc4ccccc4c3)[nH]n2)cc1. The van der Waals surface area contributed by atoms with Crippen LogP contribution in [0, 0.1) is 0 Å². The van der Waals surface area contributed by atoms with E-state index >= 15 is 0 Å². The average Bonchev–Trinajstić information content (AvgIpc) is 3.11. The lowest BCUT2D eigenvalue weighted by molar-refractivity contribution is 0.678. The van der Waals surface area contributed by atoms with Crippen molar-refractivity contribution >= 4 is 10.8 Å². The van der Waals surface area contributed by atoms with Gasteiger partial charge in [0.15, 0.2) is 0 Å². The lowest BCUT2D eigenvalue weighted by Gasteiger charge is -2.05. The van der Waals surface area contributed by atoms with Crippen LogP contribution in [0.3, 0.4) is 0 Å². The Bertz CT molecular complexity index is 941. The van der Waals surface area contributed by atoms with E-state index in [2.05, 4.69) is 76.2 Å². The van der Waals surface area contributed by atoms with Gasteiger partial charge in [0, 0.05) is 24.3 Å². The average molecular weight is 313 g/mol. The van der Waals surface area contributed by atoms with Crippen molar-refractivity contribution in [1.29, 1.82) is 0 Å². The van der Waals surface area contributed by atoms with E-state index in [-0.39, 0.29) is 0 Å². The van der Waals surface area contributed by atoms with Gasteiger partial charge in [-0.05, 0) is 28.5 Å². The summed E-state index contributed by atoms with van der Waals surface area (Å²) in [6.07, 6.45) is 0. The topological polar surface area (TPSA) is 40.7 Å². The molecular weight excluding hydrogens is 294 g/mol. The molecule has 0 atom stereocenters. The van der Waals surface area contributed by atoms with Crippen LogP contribution < -0.4 is 5.32 Å². The highest BCUT2D eigenvalue weighted by molar-refractivity contribution is 5.82. The number of H-pyrrole nitrogens is 1. The molecule has 118 valence electrons. The Morgan fingerprint density at radius 2 is 1.54 bits per heavy atom. The number of fused-ring (bicyclic) bond motifs is 1. The molecule has 3 aromatic carbocycles. The number of nitrogens with one attached hydrogen (secondary N) is 2. The maximum Gasteiger partial charge on any atom is 0.0924 e. The Kier molecular flexibility index (Phi) is 4.09. The van der Waals surface area contributed by atoms with Crippen LogP contribution in [0.1, 0.15) is 11.3 Å². The first-order valence-corrected chi connectivity index (χ1v) is 8.16. The minimum atomic E-state index is 0.770. The van der Waals surface area contributed by atoms with Gasteiger partial charge in [0.1, 0.15) is 0 Å². The van der Waals surface area contributed by atoms with Gasteiger partial charge in [-0.3, -0.25) is 5.10 Å². The Morgan fingerprint density at radius 1 is 0.750 bits per heavy atom. The summed E-state index contributed by atoms with van der Waals surface area (Å²) < 4.78 is 0. The van der Waals surface area contributed by atoms with Crippen molar-refractivity contribution in [3.63, 3.8) is 0 Å². The van der Waals surface area contributed by atoms with Gasteiger partial charge in [-0.25, -0.2) is 0 Å². The zero-order chi connectivity index (χ0) is 16.2. The minimum absolute atomic E-state index is 0.770. The number of aromatic amines is 1. The van der Waals surface area contributed by atoms with Crippen molar-refractivity contribution in [3.8, 4) is 11.3 Å². The van der Waals surface area contributed by atoms with E-state index in [1.807, 2.05) is 18.2 Å². The quantitative estimate of drug-likeness (QED) is 0.569. The third-order valence-electron chi connectivity index (χ3n) is 4.16. The van der Waals surface area contributed by atoms with Gasteiger partial charge in [0.05, 0.1) is 5.69 Å². The smallest absolute Gasteiger partial charge is 0.0924 e. The molecule has 4 aromatic rings. The molecule has 0 saturated heterocycles. The molecule has 3 nitrogen and oxygen atoms in total. The van der Waals surface area contributed by atoms with Gasteiger partial charge in [0.2, 0.25) is 0 Å². The number of benzene rings is 3. The van der Waals surface area contributed by atoms with Crippen LogP contribution in [0.2, 0.25) is 0 Å². The van der Waals surface area contributed by atoms with Gasteiger partial charge in [-0.2, -0.15) is 5.10 Å². The van der Waals surface area contributed by atoms with E-state index in [9.17, 15) is 0 Å². The monoisotopic (exact) mass is 313 g/mol. The zero-order valence-corrected chi connectivity index (χ0v) is 13.4. The summed E-state index contributed by atoms with van der Waals surface area (Å²) in [6.45, 7) is 1.61. The molecule has 24 heavy (non-hydrogen) atoms.